The van der Waals surface area contributed by atoms with Crippen LogP contribution in [0.3, 0.4) is 0 Å². The summed E-state index contributed by atoms with van der Waals surface area (Å²) in [5.74, 6) is 0.797. The lowest BCUT2D eigenvalue weighted by atomic mass is 8.36. The van der Waals surface area contributed by atoms with Gasteiger partial charge in [-0.1, -0.05) is 158 Å². The third-order valence-corrected chi connectivity index (χ3v) is 26.8. The van der Waals surface area contributed by atoms with Crippen LogP contribution >= 0.6 is 0 Å². The average Bonchev–Trinajstić information content (AvgIpc) is 1.59. The minimum atomic E-state index is -6.09. The van der Waals surface area contributed by atoms with Crippen molar-refractivity contribution in [2.45, 2.75) is 58.3 Å². The number of nitrogens with zero attached hydrogens (tertiary/aromatic N) is 2. The monoisotopic (exact) mass is 1620 g/mol. The van der Waals surface area contributed by atoms with Gasteiger partial charge in [-0.15, -0.1) is 0 Å². The van der Waals surface area contributed by atoms with Gasteiger partial charge in [-0.2, -0.15) is 13.2 Å². The molecule has 524 valence electrons. The Kier molecular flexibility index (Phi) is 54.3. The molecule has 0 bridgehead atoms. The average molecular weight is 1600 g/mol. The Hall–Kier alpha value is -1.08. The van der Waals surface area contributed by atoms with Crippen LogP contribution in [0.5, 0.6) is 0 Å². The van der Waals surface area contributed by atoms with Crippen LogP contribution in [0.15, 0.2) is 192 Å². The number of benzene rings is 6. The topological polar surface area (TPSA) is 97.8 Å². The highest BCUT2D eigenvalue weighted by Gasteiger charge is 2.57. The fourth-order valence-corrected chi connectivity index (χ4v) is 19.8. The molecule has 2 saturated carbocycles. The molecule has 4 fully saturated rings. The van der Waals surface area contributed by atoms with Crippen LogP contribution in [0.25, 0.3) is 0 Å². The summed E-state index contributed by atoms with van der Waals surface area (Å²) >= 11 is 0. The van der Waals surface area contributed by atoms with Gasteiger partial charge in [0, 0.05) is 502 Å². The van der Waals surface area contributed by atoms with Crippen molar-refractivity contribution in [3.63, 3.8) is 0 Å². The summed E-state index contributed by atoms with van der Waals surface area (Å²) in [6.45, 7) is 2.96. The number of rotatable bonds is 37. The zero-order valence-corrected chi connectivity index (χ0v) is 74.3. The second-order valence-corrected chi connectivity index (χ2v) is 36.8. The molecule has 1 spiro atoms. The number of alkyl halides is 3. The lowest BCUT2D eigenvalue weighted by molar-refractivity contribution is -0.155. The Morgan fingerprint density at radius 1 is 0.349 bits per heavy atom. The second kappa shape index (κ2) is 58.2. The van der Waals surface area contributed by atoms with Crippen molar-refractivity contribution < 1.29 is 35.7 Å². The van der Waals surface area contributed by atoms with Gasteiger partial charge in [-0.05, 0) is 52.9 Å². The first-order chi connectivity index (χ1) is 60.3. The van der Waals surface area contributed by atoms with Crippen molar-refractivity contribution in [1.29, 1.82) is 0 Å². The zero-order chi connectivity index (χ0) is 97.6. The summed E-state index contributed by atoms with van der Waals surface area (Å²) < 4.78 is 58.9. The van der Waals surface area contributed by atoms with E-state index in [9.17, 15) is 22.8 Å². The number of Topliss-reactive ketones (excluding diaryl/α,β-unsaturated/α-hetero) is 2. The van der Waals surface area contributed by atoms with Crippen LogP contribution in [0, 0.1) is 5.41 Å². The zero-order valence-electron chi connectivity index (χ0n) is 72.7. The van der Waals surface area contributed by atoms with Crippen LogP contribution in [0.2, 0.25) is 0 Å². The van der Waals surface area contributed by atoms with Gasteiger partial charge in [0.1, 0.15) is 11.0 Å². The predicted octanol–water partition coefficient (Wildman–Crippen LogP) is -15.1. The largest absolute Gasteiger partial charge is 0.741 e. The highest BCUT2D eigenvalue weighted by molar-refractivity contribution is 8.25. The van der Waals surface area contributed by atoms with Crippen LogP contribution < -0.4 is 0 Å². The Bertz CT molecular complexity index is 3960. The quantitative estimate of drug-likeness (QED) is 0.0166. The van der Waals surface area contributed by atoms with E-state index in [1.807, 2.05) is 36.4 Å². The van der Waals surface area contributed by atoms with E-state index in [0.717, 1.165) is 31.2 Å². The van der Waals surface area contributed by atoms with Crippen molar-refractivity contribution in [1.82, 2.24) is 9.80 Å². The molecule has 72 radical (unpaired) electrons. The van der Waals surface area contributed by atoms with Crippen molar-refractivity contribution in [3.05, 3.63) is 204 Å². The molecule has 10 rings (SSSR count). The predicted molar refractivity (Wildman–Crippen MR) is 620 cm³/mol. The van der Waals surface area contributed by atoms with E-state index in [-0.39, 0.29) is 17.5 Å². The molecule has 0 unspecified atom stereocenters. The molecule has 2 saturated heterocycles. The molecule has 4 aliphatic rings. The molecule has 7 nitrogen and oxygen atoms in total. The number of carbonyl (C=O) groups excluding carboxylic acids is 2. The fourth-order valence-electron chi connectivity index (χ4n) is 17.3. The number of halogens is 3. The Balaban J connectivity index is 0.000000319. The van der Waals surface area contributed by atoms with Crippen LogP contribution in [-0.4, -0.2) is 541 Å². The summed E-state index contributed by atoms with van der Waals surface area (Å²) in [6, 6.07) is 64.3. The highest BCUT2D eigenvalue weighted by atomic mass is 32.2. The van der Waals surface area contributed by atoms with E-state index in [1.54, 1.807) is 0 Å². The van der Waals surface area contributed by atoms with Crippen LogP contribution in [0.4, 0.5) is 13.2 Å². The number of carbonyl (C=O) groups is 2. The van der Waals surface area contributed by atoms with Crippen molar-refractivity contribution in [2.24, 2.45) is 5.41 Å². The number of hydrogen-bond donors (Lipinski definition) is 0. The SMILES string of the molecule is O=C1CCC12CN(C(c1ccccc1)c1ccccc1)C2.O=C1CN(C(c2ccccc2)c2ccccc2)C1.O=S(=O)([O-])C(F)(F)F.[B]B([B])B(B([B])[B])B(B(B([B])[B])B([B])[B])B(B([B])[B])B([B])[B].[B][B]B(B([B])[B])B(B(B([B])[B])B([B])[B])B(B([B])[B])B([B])[B].[B][B]B([B])B(B([B])[B])B(B(B([B])[B])B([B])[B])B(B([B])[B])B([B])[B].c1ccc([S+](c2ccccc2)C2CC2)cc1. The summed E-state index contributed by atoms with van der Waals surface area (Å²) in [7, 11) is 200. The molecule has 6 aromatic carbocycles. The van der Waals surface area contributed by atoms with Gasteiger partial charge < -0.3 is 4.55 Å². The summed E-state index contributed by atoms with van der Waals surface area (Å²) in [5, 5.41) is 0.893. The van der Waals surface area contributed by atoms with Gasteiger partial charge in [-0.3, -0.25) is 19.4 Å². The molecule has 2 heterocycles. The van der Waals surface area contributed by atoms with Crippen molar-refractivity contribution in [3.8, 4) is 0 Å². The standard InChI is InChI=1S/C19H19NO.C16H15NO.C15H15S.CHF3O3S.B23.B22.B21/c21-17-11-12-19(17)13-20(14-19)18(15-7-3-1-4-8-15)16-9-5-2-6-10-16;18-15-11-17(12-15)16(13-7-3-1-4-8-13)14-9-5-2-6-10-14;1-3-7-13(8-4-1)16(15-11-12-15)14-9-5-2-6-10-14;2-1(3,4)8(5,6)7;1-13-19(12)22(18(10)11)23(20(14(2)3)15(4)5)21(16(6)7)17(8)9;1-13(2)19(14(3)4)22(20(15(5)6)16(7)8)21(17(9)10)18(11)12;1-12-18(13(2)3)21(19(14(4)5)15(6)7)20(16(8)9)17(10)11/h1-10,18H,11-14H2;1-10,16H,11-12H2;1-10,15H,11-12H2;(H,5,6,7);;;/q;;+1;;;;/p-1. The van der Waals surface area contributed by atoms with Crippen molar-refractivity contribution >= 4 is 503 Å². The molecule has 0 amide bonds. The maximum absolute atomic E-state index is 11.8. The van der Waals surface area contributed by atoms with E-state index in [0.29, 0.717) is 35.6 Å². The summed E-state index contributed by atoms with van der Waals surface area (Å²) in [4.78, 5) is 30.7. The maximum Gasteiger partial charge on any atom is 0.485 e. The first-order valence-electron chi connectivity index (χ1n) is 41.9. The number of hydrogen-bond acceptors (Lipinski definition) is 7. The smallest absolute Gasteiger partial charge is 0.485 e. The first-order valence-corrected chi connectivity index (χ1v) is 44.6. The minimum absolute atomic E-state index is 0.00180. The van der Waals surface area contributed by atoms with Crippen LogP contribution in [0.1, 0.15) is 60.0 Å². The minimum Gasteiger partial charge on any atom is -0.741 e. The Labute approximate surface area is 834 Å². The van der Waals surface area contributed by atoms with Gasteiger partial charge >= 0.3 is 5.51 Å². The van der Waals surface area contributed by atoms with E-state index in [1.165, 1.54) is 59.0 Å². The van der Waals surface area contributed by atoms with E-state index in [2.05, 4.69) is 155 Å². The van der Waals surface area contributed by atoms with Gasteiger partial charge in [0.15, 0.2) is 25.7 Å². The molecule has 78 heteroatoms. The maximum atomic E-state index is 11.8. The van der Waals surface area contributed by atoms with E-state index in [4.69, 9.17) is 284 Å². The molecular weight excluding hydrogens is 1560 g/mol. The van der Waals surface area contributed by atoms with E-state index < -0.39 is 201 Å². The van der Waals surface area contributed by atoms with Gasteiger partial charge in [0.25, 0.3) is 0 Å². The third-order valence-electron chi connectivity index (χ3n) is 23.5. The van der Waals surface area contributed by atoms with Gasteiger partial charge in [0.2, 0.25) is 0 Å². The van der Waals surface area contributed by atoms with Gasteiger partial charge in [0.05, 0.1) is 41.5 Å². The molecule has 0 atom stereocenters. The third kappa shape index (κ3) is 36.5. The molecule has 6 aromatic rings. The molecule has 0 aromatic heterocycles. The fraction of sp³-hybridized carbons (Fsp3) is 0.255. The first kappa shape index (κ1) is 120. The normalized spacial score (nSPS) is 13.0. The number of ketones is 2. The molecular formula is C51H49B66F3N2O5S2. The summed E-state index contributed by atoms with van der Waals surface area (Å²) in [6.07, 6.45) is -18.5. The lowest BCUT2D eigenvalue weighted by Gasteiger charge is -2.56. The molecule has 2 aliphatic carbocycles. The van der Waals surface area contributed by atoms with Crippen LogP contribution in [-0.2, 0) is 30.6 Å². The Morgan fingerprint density at radius 2 is 0.581 bits per heavy atom. The molecule has 2 aliphatic heterocycles. The molecule has 129 heavy (non-hydrogen) atoms. The van der Waals surface area contributed by atoms with Crippen molar-refractivity contribution in [2.75, 3.05) is 26.2 Å². The van der Waals surface area contributed by atoms with Gasteiger partial charge in [-0.25, -0.2) is 8.42 Å². The Morgan fingerprint density at radius 3 is 0.767 bits per heavy atom. The lowest BCUT2D eigenvalue weighted by Crippen LogP contribution is -2.83. The summed E-state index contributed by atoms with van der Waals surface area (Å²) in [5.41, 5.74) is -0.530. The second-order valence-electron chi connectivity index (χ2n) is 33.2. The molecule has 0 N–H and O–H groups in total. The highest BCUT2D eigenvalue weighted by Crippen LogP contribution is 2.49. The number of likely N-dealkylation sites (tertiary alicyclic amines) is 2. The van der Waals surface area contributed by atoms with E-state index >= 15 is 0 Å².